The van der Waals surface area contributed by atoms with Crippen molar-refractivity contribution in [1.82, 2.24) is 10.2 Å². The summed E-state index contributed by atoms with van der Waals surface area (Å²) in [6.07, 6.45) is -0.0845. The molecule has 0 saturated carbocycles. The van der Waals surface area contributed by atoms with Crippen molar-refractivity contribution in [3.8, 4) is 0 Å². The molecule has 7 heteroatoms. The van der Waals surface area contributed by atoms with Crippen molar-refractivity contribution in [2.45, 2.75) is 32.4 Å². The largest absolute Gasteiger partial charge is 0.452 e. The minimum absolute atomic E-state index is 0.0141. The number of rotatable bonds is 6. The van der Waals surface area contributed by atoms with Crippen molar-refractivity contribution in [3.05, 3.63) is 70.2 Å². The number of benzene rings is 2. The van der Waals surface area contributed by atoms with E-state index in [0.29, 0.717) is 23.7 Å². The Kier molecular flexibility index (Phi) is 6.88. The molecule has 6 nitrogen and oxygen atoms in total. The van der Waals surface area contributed by atoms with Gasteiger partial charge in [0.2, 0.25) is 0 Å². The van der Waals surface area contributed by atoms with E-state index in [0.717, 1.165) is 12.0 Å². The molecule has 1 aliphatic rings. The van der Waals surface area contributed by atoms with Crippen molar-refractivity contribution >= 4 is 29.4 Å². The molecule has 1 N–H and O–H groups in total. The average Bonchev–Trinajstić information content (AvgIpc) is 2.73. The van der Waals surface area contributed by atoms with Crippen LogP contribution in [0.4, 0.5) is 0 Å². The van der Waals surface area contributed by atoms with Crippen LogP contribution in [0.15, 0.2) is 48.5 Å². The summed E-state index contributed by atoms with van der Waals surface area (Å²) in [6, 6.07) is 14.5. The molecule has 2 amide bonds. The van der Waals surface area contributed by atoms with Gasteiger partial charge in [-0.05, 0) is 48.7 Å². The average molecular weight is 415 g/mol. The van der Waals surface area contributed by atoms with Gasteiger partial charge < -0.3 is 15.0 Å². The number of hydrogen-bond donors (Lipinski definition) is 1. The van der Waals surface area contributed by atoms with Crippen LogP contribution in [0.5, 0.6) is 0 Å². The van der Waals surface area contributed by atoms with Gasteiger partial charge in [-0.25, -0.2) is 0 Å². The lowest BCUT2D eigenvalue weighted by Gasteiger charge is -2.30. The molecule has 0 bridgehead atoms. The SMILES string of the molecule is CC(OC(=O)CCNC(=O)c1ccc(Cl)cc1)C(=O)N1CCc2ccccc2C1. The van der Waals surface area contributed by atoms with E-state index in [1.807, 2.05) is 18.2 Å². The van der Waals surface area contributed by atoms with Gasteiger partial charge in [0.05, 0.1) is 6.42 Å². The van der Waals surface area contributed by atoms with Crippen LogP contribution >= 0.6 is 11.6 Å². The third-order valence-electron chi connectivity index (χ3n) is 4.82. The van der Waals surface area contributed by atoms with Crippen LogP contribution in [-0.2, 0) is 27.3 Å². The zero-order chi connectivity index (χ0) is 20.8. The van der Waals surface area contributed by atoms with Crippen LogP contribution < -0.4 is 5.32 Å². The number of halogens is 1. The van der Waals surface area contributed by atoms with Crippen LogP contribution in [0.1, 0.15) is 34.8 Å². The van der Waals surface area contributed by atoms with Crippen molar-refractivity contribution < 1.29 is 19.1 Å². The number of amides is 2. The molecule has 2 aromatic carbocycles. The molecule has 1 heterocycles. The first-order valence-electron chi connectivity index (χ1n) is 9.53. The highest BCUT2D eigenvalue weighted by molar-refractivity contribution is 6.30. The number of carbonyl (C=O) groups is 3. The molecule has 0 saturated heterocycles. The summed E-state index contributed by atoms with van der Waals surface area (Å²) < 4.78 is 5.26. The highest BCUT2D eigenvalue weighted by Crippen LogP contribution is 2.19. The van der Waals surface area contributed by atoms with Gasteiger partial charge >= 0.3 is 5.97 Å². The minimum Gasteiger partial charge on any atom is -0.452 e. The van der Waals surface area contributed by atoms with E-state index < -0.39 is 12.1 Å². The highest BCUT2D eigenvalue weighted by Gasteiger charge is 2.26. The molecule has 0 aromatic heterocycles. The van der Waals surface area contributed by atoms with Crippen molar-refractivity contribution in [2.24, 2.45) is 0 Å². The molecule has 1 atom stereocenters. The van der Waals surface area contributed by atoms with Gasteiger partial charge in [0.25, 0.3) is 11.8 Å². The van der Waals surface area contributed by atoms with E-state index in [1.54, 1.807) is 36.1 Å². The van der Waals surface area contributed by atoms with E-state index in [2.05, 4.69) is 11.4 Å². The number of carbonyl (C=O) groups excluding carboxylic acids is 3. The minimum atomic E-state index is -0.861. The zero-order valence-corrected chi connectivity index (χ0v) is 16.9. The van der Waals surface area contributed by atoms with Gasteiger partial charge in [0.15, 0.2) is 6.10 Å². The molecule has 1 unspecified atom stereocenters. The topological polar surface area (TPSA) is 75.7 Å². The fraction of sp³-hybridized carbons (Fsp3) is 0.318. The van der Waals surface area contributed by atoms with E-state index in [4.69, 9.17) is 16.3 Å². The maximum absolute atomic E-state index is 12.6. The summed E-state index contributed by atoms with van der Waals surface area (Å²) in [5.41, 5.74) is 2.82. The Balaban J connectivity index is 1.42. The summed E-state index contributed by atoms with van der Waals surface area (Å²) in [4.78, 5) is 38.4. The van der Waals surface area contributed by atoms with Crippen molar-refractivity contribution in [1.29, 1.82) is 0 Å². The van der Waals surface area contributed by atoms with Gasteiger partial charge in [-0.15, -0.1) is 0 Å². The van der Waals surface area contributed by atoms with E-state index >= 15 is 0 Å². The first kappa shape index (κ1) is 20.9. The van der Waals surface area contributed by atoms with E-state index in [9.17, 15) is 14.4 Å². The zero-order valence-electron chi connectivity index (χ0n) is 16.2. The van der Waals surface area contributed by atoms with E-state index in [1.165, 1.54) is 5.56 Å². The monoisotopic (exact) mass is 414 g/mol. The summed E-state index contributed by atoms with van der Waals surface area (Å²) in [7, 11) is 0. The second kappa shape index (κ2) is 9.56. The maximum Gasteiger partial charge on any atom is 0.308 e. The standard InChI is InChI=1S/C22H23ClN2O4/c1-15(22(28)25-13-11-16-4-2-3-5-18(16)14-25)29-20(26)10-12-24-21(27)17-6-8-19(23)9-7-17/h2-9,15H,10-14H2,1H3,(H,24,27). The first-order valence-corrected chi connectivity index (χ1v) is 9.90. The highest BCUT2D eigenvalue weighted by atomic mass is 35.5. The molecule has 0 spiro atoms. The molecule has 2 aromatic rings. The Morgan fingerprint density at radius 3 is 2.52 bits per heavy atom. The molecule has 3 rings (SSSR count). The summed E-state index contributed by atoms with van der Waals surface area (Å²) >= 11 is 5.79. The molecule has 0 radical (unpaired) electrons. The van der Waals surface area contributed by atoms with E-state index in [-0.39, 0.29) is 24.8 Å². The third kappa shape index (κ3) is 5.57. The maximum atomic E-state index is 12.6. The van der Waals surface area contributed by atoms with Crippen LogP contribution in [0.3, 0.4) is 0 Å². The second-order valence-electron chi connectivity index (χ2n) is 6.92. The van der Waals surface area contributed by atoms with Crippen LogP contribution in [0.2, 0.25) is 5.02 Å². The number of esters is 1. The first-order chi connectivity index (χ1) is 13.9. The fourth-order valence-corrected chi connectivity index (χ4v) is 3.35. The van der Waals surface area contributed by atoms with Crippen molar-refractivity contribution in [3.63, 3.8) is 0 Å². The molecule has 0 fully saturated rings. The molecule has 152 valence electrons. The van der Waals surface area contributed by atoms with Crippen LogP contribution in [0, 0.1) is 0 Å². The Morgan fingerprint density at radius 2 is 1.79 bits per heavy atom. The quantitative estimate of drug-likeness (QED) is 0.737. The third-order valence-corrected chi connectivity index (χ3v) is 5.07. The molecular weight excluding hydrogens is 392 g/mol. The number of fused-ring (bicyclic) bond motifs is 1. The van der Waals surface area contributed by atoms with Gasteiger partial charge in [-0.2, -0.15) is 0 Å². The Labute approximate surface area is 174 Å². The lowest BCUT2D eigenvalue weighted by molar-refractivity contribution is -0.159. The lowest BCUT2D eigenvalue weighted by atomic mass is 9.99. The Hall–Kier alpha value is -2.86. The van der Waals surface area contributed by atoms with Crippen LogP contribution in [-0.4, -0.2) is 41.9 Å². The van der Waals surface area contributed by atoms with Crippen molar-refractivity contribution in [2.75, 3.05) is 13.1 Å². The second-order valence-corrected chi connectivity index (χ2v) is 7.36. The van der Waals surface area contributed by atoms with Crippen LogP contribution in [0.25, 0.3) is 0 Å². The predicted molar refractivity (Wildman–Crippen MR) is 110 cm³/mol. The number of nitrogens with zero attached hydrogens (tertiary/aromatic N) is 1. The summed E-state index contributed by atoms with van der Waals surface area (Å²) in [6.45, 7) is 2.83. The summed E-state index contributed by atoms with van der Waals surface area (Å²) in [5.74, 6) is -1.04. The van der Waals surface area contributed by atoms with Gasteiger partial charge in [-0.1, -0.05) is 35.9 Å². The molecule has 0 aliphatic carbocycles. The molecule has 1 aliphatic heterocycles. The lowest BCUT2D eigenvalue weighted by Crippen LogP contribution is -2.42. The molecule has 29 heavy (non-hydrogen) atoms. The normalized spacial score (nSPS) is 13.9. The number of nitrogens with one attached hydrogen (secondary N) is 1. The van der Waals surface area contributed by atoms with Gasteiger partial charge in [-0.3, -0.25) is 14.4 Å². The Morgan fingerprint density at radius 1 is 1.10 bits per heavy atom. The summed E-state index contributed by atoms with van der Waals surface area (Å²) in [5, 5.41) is 3.19. The number of hydrogen-bond acceptors (Lipinski definition) is 4. The smallest absolute Gasteiger partial charge is 0.308 e. The van der Waals surface area contributed by atoms with Gasteiger partial charge in [0, 0.05) is 30.2 Å². The number of ether oxygens (including phenoxy) is 1. The fourth-order valence-electron chi connectivity index (χ4n) is 3.23. The van der Waals surface area contributed by atoms with Gasteiger partial charge in [0.1, 0.15) is 0 Å². The Bertz CT molecular complexity index is 898. The molecular formula is C22H23ClN2O4. The predicted octanol–water partition coefficient (Wildman–Crippen LogP) is 2.98.